The highest BCUT2D eigenvalue weighted by atomic mass is 16.5. The van der Waals surface area contributed by atoms with Gasteiger partial charge in [0.1, 0.15) is 11.4 Å². The van der Waals surface area contributed by atoms with E-state index in [-0.39, 0.29) is 0 Å². The van der Waals surface area contributed by atoms with Crippen LogP contribution in [0.2, 0.25) is 0 Å². The van der Waals surface area contributed by atoms with Crippen LogP contribution in [0.15, 0.2) is 54.6 Å². The monoisotopic (exact) mass is 354 g/mol. The van der Waals surface area contributed by atoms with Crippen LogP contribution in [-0.2, 0) is 10.3 Å². The molecule has 2 nitrogen and oxygen atoms in total. The molecule has 2 rings (SSSR count). The molecule has 0 amide bonds. The maximum absolute atomic E-state index is 9.70. The molecule has 0 aliphatic rings. The lowest BCUT2D eigenvalue weighted by Crippen LogP contribution is -2.31. The van der Waals surface area contributed by atoms with Gasteiger partial charge in [0.15, 0.2) is 0 Å². The molecule has 26 heavy (non-hydrogen) atoms. The second-order valence-corrected chi connectivity index (χ2v) is 7.04. The van der Waals surface area contributed by atoms with Crippen molar-refractivity contribution in [3.05, 3.63) is 65.7 Å². The first-order chi connectivity index (χ1) is 12.7. The van der Waals surface area contributed by atoms with Crippen LogP contribution in [-0.4, -0.2) is 11.7 Å². The van der Waals surface area contributed by atoms with Crippen molar-refractivity contribution in [2.24, 2.45) is 0 Å². The normalized spacial score (nSPS) is 13.5. The number of hydrogen-bond donors (Lipinski definition) is 1. The largest absolute Gasteiger partial charge is 0.508 e. The molecule has 0 spiro atoms. The number of phenolic OH excluding ortho intramolecular Hbond substituents is 1. The summed E-state index contributed by atoms with van der Waals surface area (Å²) in [5.74, 6) is 0.295. The summed E-state index contributed by atoms with van der Waals surface area (Å²) in [5.41, 5.74) is 1.88. The van der Waals surface area contributed by atoms with Gasteiger partial charge in [-0.1, -0.05) is 87.9 Å². The van der Waals surface area contributed by atoms with Crippen LogP contribution in [0, 0.1) is 0 Å². The van der Waals surface area contributed by atoms with E-state index in [9.17, 15) is 5.11 Å². The zero-order chi connectivity index (χ0) is 18.7. The van der Waals surface area contributed by atoms with Crippen LogP contribution in [0.5, 0.6) is 5.75 Å². The maximum Gasteiger partial charge on any atom is 0.118 e. The number of phenols is 1. The van der Waals surface area contributed by atoms with Crippen molar-refractivity contribution >= 4 is 0 Å². The van der Waals surface area contributed by atoms with Gasteiger partial charge < -0.3 is 9.84 Å². The average molecular weight is 355 g/mol. The fourth-order valence-corrected chi connectivity index (χ4v) is 3.71. The lowest BCUT2D eigenvalue weighted by atomic mass is 9.81. The summed E-state index contributed by atoms with van der Waals surface area (Å²) in [4.78, 5) is 0. The summed E-state index contributed by atoms with van der Waals surface area (Å²) in [6.45, 7) is 4.98. The Morgan fingerprint density at radius 2 is 1.31 bits per heavy atom. The van der Waals surface area contributed by atoms with Crippen molar-refractivity contribution in [3.63, 3.8) is 0 Å². The van der Waals surface area contributed by atoms with Crippen molar-refractivity contribution < 1.29 is 9.84 Å². The standard InChI is InChI=1S/C24H34O2/c1-3-5-6-7-8-9-13-20-24(26-4-2,21-14-11-10-12-15-21)22-16-18-23(25)19-17-22/h10-12,14-19,25H,3-9,13,20H2,1-2H3. The molecule has 0 bridgehead atoms. The van der Waals surface area contributed by atoms with Gasteiger partial charge in [-0.3, -0.25) is 0 Å². The van der Waals surface area contributed by atoms with E-state index in [4.69, 9.17) is 4.74 Å². The molecule has 0 radical (unpaired) electrons. The zero-order valence-corrected chi connectivity index (χ0v) is 16.4. The summed E-state index contributed by atoms with van der Waals surface area (Å²) in [5, 5.41) is 9.70. The third-order valence-electron chi connectivity index (χ3n) is 5.10. The molecular formula is C24H34O2. The predicted octanol–water partition coefficient (Wildman–Crippen LogP) is 6.81. The highest BCUT2D eigenvalue weighted by molar-refractivity contribution is 5.39. The predicted molar refractivity (Wildman–Crippen MR) is 110 cm³/mol. The van der Waals surface area contributed by atoms with Gasteiger partial charge in [-0.15, -0.1) is 0 Å². The van der Waals surface area contributed by atoms with Gasteiger partial charge in [-0.2, -0.15) is 0 Å². The van der Waals surface area contributed by atoms with Crippen molar-refractivity contribution in [1.29, 1.82) is 0 Å². The molecule has 0 heterocycles. The first-order valence-electron chi connectivity index (χ1n) is 10.2. The molecule has 142 valence electrons. The number of ether oxygens (including phenoxy) is 1. The minimum absolute atomic E-state index is 0.295. The SMILES string of the molecule is CCCCCCCCCC(OCC)(c1ccccc1)c1ccc(O)cc1. The molecule has 0 aliphatic carbocycles. The molecule has 0 saturated heterocycles. The third kappa shape index (κ3) is 5.60. The van der Waals surface area contributed by atoms with E-state index in [0.29, 0.717) is 12.4 Å². The second kappa shape index (κ2) is 11.0. The van der Waals surface area contributed by atoms with E-state index in [1.165, 1.54) is 44.1 Å². The minimum atomic E-state index is -0.437. The highest BCUT2D eigenvalue weighted by Gasteiger charge is 2.34. The summed E-state index contributed by atoms with van der Waals surface area (Å²) < 4.78 is 6.41. The fourth-order valence-electron chi connectivity index (χ4n) is 3.71. The fraction of sp³-hybridized carbons (Fsp3) is 0.500. The van der Waals surface area contributed by atoms with Crippen molar-refractivity contribution in [2.75, 3.05) is 6.61 Å². The molecule has 1 atom stereocenters. The lowest BCUT2D eigenvalue weighted by molar-refractivity contribution is -0.0195. The Labute approximate surface area is 159 Å². The quantitative estimate of drug-likeness (QED) is 0.424. The van der Waals surface area contributed by atoms with E-state index in [0.717, 1.165) is 18.4 Å². The van der Waals surface area contributed by atoms with Crippen LogP contribution in [0.1, 0.15) is 76.3 Å². The lowest BCUT2D eigenvalue weighted by Gasteiger charge is -2.35. The molecule has 0 aliphatic heterocycles. The van der Waals surface area contributed by atoms with Gasteiger partial charge in [0, 0.05) is 6.61 Å². The molecule has 0 aromatic heterocycles. The molecule has 0 saturated carbocycles. The van der Waals surface area contributed by atoms with E-state index in [1.54, 1.807) is 12.1 Å². The van der Waals surface area contributed by atoms with Gasteiger partial charge in [0.05, 0.1) is 0 Å². The minimum Gasteiger partial charge on any atom is -0.508 e. The molecular weight excluding hydrogens is 320 g/mol. The van der Waals surface area contributed by atoms with Gasteiger partial charge in [0.2, 0.25) is 0 Å². The van der Waals surface area contributed by atoms with Crippen LogP contribution in [0.3, 0.4) is 0 Å². The Hall–Kier alpha value is -1.80. The summed E-state index contributed by atoms with van der Waals surface area (Å²) in [6.07, 6.45) is 9.97. The van der Waals surface area contributed by atoms with Crippen LogP contribution >= 0.6 is 0 Å². The smallest absolute Gasteiger partial charge is 0.118 e. The molecule has 2 heteroatoms. The van der Waals surface area contributed by atoms with Crippen LogP contribution in [0.4, 0.5) is 0 Å². The molecule has 1 N–H and O–H groups in total. The Balaban J connectivity index is 2.16. The average Bonchev–Trinajstić information content (AvgIpc) is 2.68. The Bertz CT molecular complexity index is 606. The van der Waals surface area contributed by atoms with E-state index < -0.39 is 5.60 Å². The van der Waals surface area contributed by atoms with Gasteiger partial charge in [-0.25, -0.2) is 0 Å². The number of benzene rings is 2. The van der Waals surface area contributed by atoms with Gasteiger partial charge in [0.25, 0.3) is 0 Å². The molecule has 2 aromatic carbocycles. The molecule has 1 unspecified atom stereocenters. The Kier molecular flexibility index (Phi) is 8.70. The summed E-state index contributed by atoms with van der Waals surface area (Å²) in [7, 11) is 0. The van der Waals surface area contributed by atoms with Gasteiger partial charge >= 0.3 is 0 Å². The number of unbranched alkanes of at least 4 members (excludes halogenated alkanes) is 6. The van der Waals surface area contributed by atoms with Crippen molar-refractivity contribution in [3.8, 4) is 5.75 Å². The zero-order valence-electron chi connectivity index (χ0n) is 16.4. The number of hydrogen-bond acceptors (Lipinski definition) is 2. The topological polar surface area (TPSA) is 29.5 Å². The van der Waals surface area contributed by atoms with E-state index in [1.807, 2.05) is 18.2 Å². The van der Waals surface area contributed by atoms with E-state index >= 15 is 0 Å². The number of rotatable bonds is 12. The Morgan fingerprint density at radius 3 is 1.92 bits per heavy atom. The Morgan fingerprint density at radius 1 is 0.731 bits per heavy atom. The van der Waals surface area contributed by atoms with Crippen molar-refractivity contribution in [1.82, 2.24) is 0 Å². The molecule has 2 aromatic rings. The van der Waals surface area contributed by atoms with Crippen LogP contribution in [0.25, 0.3) is 0 Å². The summed E-state index contributed by atoms with van der Waals surface area (Å²) >= 11 is 0. The molecule has 0 fully saturated rings. The third-order valence-corrected chi connectivity index (χ3v) is 5.10. The highest BCUT2D eigenvalue weighted by Crippen LogP contribution is 2.39. The number of aromatic hydroxyl groups is 1. The second-order valence-electron chi connectivity index (χ2n) is 7.04. The van der Waals surface area contributed by atoms with Gasteiger partial charge in [-0.05, 0) is 43.0 Å². The van der Waals surface area contributed by atoms with Crippen molar-refractivity contribution in [2.45, 2.75) is 70.8 Å². The first-order valence-corrected chi connectivity index (χ1v) is 10.2. The maximum atomic E-state index is 9.70. The van der Waals surface area contributed by atoms with E-state index in [2.05, 4.69) is 38.1 Å². The first kappa shape index (κ1) is 20.5. The summed E-state index contributed by atoms with van der Waals surface area (Å²) in [6, 6.07) is 18.0. The van der Waals surface area contributed by atoms with Crippen LogP contribution < -0.4 is 0 Å².